The summed E-state index contributed by atoms with van der Waals surface area (Å²) in [5.74, 6) is 1.00. The maximum absolute atomic E-state index is 5.80. The zero-order valence-electron chi connectivity index (χ0n) is 4.97. The minimum Gasteiger partial charge on any atom is -0.233 e. The van der Waals surface area contributed by atoms with Crippen molar-refractivity contribution in [2.45, 2.75) is 4.83 Å². The van der Waals surface area contributed by atoms with E-state index < -0.39 is 0 Å². The first kappa shape index (κ1) is 6.68. The van der Waals surface area contributed by atoms with Crippen LogP contribution in [0.1, 0.15) is 0 Å². The van der Waals surface area contributed by atoms with Crippen LogP contribution < -0.4 is 0 Å². The van der Waals surface area contributed by atoms with Crippen LogP contribution in [0, 0.1) is 0 Å². The van der Waals surface area contributed by atoms with Gasteiger partial charge in [-0.1, -0.05) is 11.6 Å². The van der Waals surface area contributed by atoms with Gasteiger partial charge >= 0.3 is 0 Å². The van der Waals surface area contributed by atoms with Gasteiger partial charge in [0.05, 0.1) is 5.88 Å². The van der Waals surface area contributed by atoms with Crippen molar-refractivity contribution in [3.63, 3.8) is 0 Å². The highest BCUT2D eigenvalue weighted by molar-refractivity contribution is 8.01. The molecule has 1 rings (SSSR count). The smallest absolute Gasteiger partial charge is 0.145 e. The first-order chi connectivity index (χ1) is 3.72. The van der Waals surface area contributed by atoms with Gasteiger partial charge in [0.1, 0.15) is 4.83 Å². The van der Waals surface area contributed by atoms with Crippen molar-refractivity contribution in [3.8, 4) is 0 Å². The zero-order valence-corrected chi connectivity index (χ0v) is 6.54. The van der Waals surface area contributed by atoms with Gasteiger partial charge in [0, 0.05) is 14.1 Å². The Morgan fingerprint density at radius 1 is 1.62 bits per heavy atom. The van der Waals surface area contributed by atoms with Crippen molar-refractivity contribution in [2.75, 3.05) is 20.0 Å². The van der Waals surface area contributed by atoms with Crippen molar-refractivity contribution in [3.05, 3.63) is 0 Å². The number of hydrogen-bond acceptors (Lipinski definition) is 3. The number of nitrogens with zero attached hydrogens (tertiary/aromatic N) is 2. The summed E-state index contributed by atoms with van der Waals surface area (Å²) in [6.45, 7) is 0. The van der Waals surface area contributed by atoms with E-state index >= 15 is 0 Å². The Bertz CT molecular complexity index is 80.1. The molecule has 1 aliphatic rings. The Morgan fingerprint density at radius 3 is 2.38 bits per heavy atom. The van der Waals surface area contributed by atoms with Crippen molar-refractivity contribution in [1.29, 1.82) is 0 Å². The number of thioether (sulfide) groups is 1. The summed E-state index contributed by atoms with van der Waals surface area (Å²) in [4.78, 5) is 0.139. The fourth-order valence-corrected chi connectivity index (χ4v) is 1.74. The summed E-state index contributed by atoms with van der Waals surface area (Å²) in [6, 6.07) is 0. The van der Waals surface area contributed by atoms with Gasteiger partial charge in [0.25, 0.3) is 0 Å². The summed E-state index contributed by atoms with van der Waals surface area (Å²) < 4.78 is 0. The Morgan fingerprint density at radius 2 is 2.25 bits per heavy atom. The minimum absolute atomic E-state index is 0.139. The molecular weight excluding hydrogens is 144 g/mol. The van der Waals surface area contributed by atoms with E-state index in [1.54, 1.807) is 11.8 Å². The summed E-state index contributed by atoms with van der Waals surface area (Å²) in [6.07, 6.45) is 0. The van der Waals surface area contributed by atoms with E-state index in [2.05, 4.69) is 5.01 Å². The van der Waals surface area contributed by atoms with Crippen LogP contribution in [0.4, 0.5) is 0 Å². The van der Waals surface area contributed by atoms with Gasteiger partial charge in [0.2, 0.25) is 0 Å². The zero-order chi connectivity index (χ0) is 6.15. The molecule has 0 aromatic rings. The molecule has 0 aromatic carbocycles. The molecule has 0 amide bonds. The first-order valence-electron chi connectivity index (χ1n) is 2.41. The summed E-state index contributed by atoms with van der Waals surface area (Å²) in [7, 11) is 4.01. The molecule has 0 aromatic heterocycles. The second kappa shape index (κ2) is 2.43. The topological polar surface area (TPSA) is 6.48 Å². The van der Waals surface area contributed by atoms with E-state index in [9.17, 15) is 0 Å². The van der Waals surface area contributed by atoms with Gasteiger partial charge in [-0.05, 0) is 0 Å². The second-order valence-corrected chi connectivity index (χ2v) is 3.53. The molecule has 1 unspecified atom stereocenters. The Hall–Kier alpha value is 0.560. The molecule has 0 radical (unpaired) electrons. The van der Waals surface area contributed by atoms with Gasteiger partial charge in [-0.3, -0.25) is 0 Å². The second-order valence-electron chi connectivity index (χ2n) is 1.82. The van der Waals surface area contributed by atoms with Crippen LogP contribution in [-0.4, -0.2) is 34.8 Å². The summed E-state index contributed by atoms with van der Waals surface area (Å²) >= 11 is 7.54. The van der Waals surface area contributed by atoms with Crippen LogP contribution in [0.3, 0.4) is 0 Å². The van der Waals surface area contributed by atoms with E-state index in [0.29, 0.717) is 0 Å². The molecule has 1 heterocycles. The van der Waals surface area contributed by atoms with Gasteiger partial charge in [-0.25, -0.2) is 10.0 Å². The summed E-state index contributed by atoms with van der Waals surface area (Å²) in [5, 5.41) is 4.09. The van der Waals surface area contributed by atoms with Gasteiger partial charge in [-0.2, -0.15) is 0 Å². The maximum atomic E-state index is 5.80. The van der Waals surface area contributed by atoms with E-state index in [1.807, 2.05) is 19.1 Å². The van der Waals surface area contributed by atoms with Gasteiger partial charge in [-0.15, -0.1) is 11.8 Å². The van der Waals surface area contributed by atoms with Crippen LogP contribution in [-0.2, 0) is 0 Å². The van der Waals surface area contributed by atoms with Crippen LogP contribution in [0.25, 0.3) is 0 Å². The molecule has 4 heteroatoms. The monoisotopic (exact) mass is 152 g/mol. The van der Waals surface area contributed by atoms with E-state index in [-0.39, 0.29) is 4.83 Å². The molecule has 1 aliphatic heterocycles. The maximum Gasteiger partial charge on any atom is 0.145 e. The van der Waals surface area contributed by atoms with Crippen LogP contribution in [0.2, 0.25) is 0 Å². The van der Waals surface area contributed by atoms with Crippen molar-refractivity contribution in [2.24, 2.45) is 0 Å². The van der Waals surface area contributed by atoms with Crippen molar-refractivity contribution >= 4 is 23.4 Å². The molecule has 0 aliphatic carbocycles. The molecule has 0 bridgehead atoms. The van der Waals surface area contributed by atoms with Gasteiger partial charge in [0.15, 0.2) is 0 Å². The lowest BCUT2D eigenvalue weighted by Crippen LogP contribution is -2.31. The lowest BCUT2D eigenvalue weighted by Gasteiger charge is -2.18. The van der Waals surface area contributed by atoms with E-state index in [0.717, 1.165) is 5.88 Å². The first-order valence-corrected chi connectivity index (χ1v) is 3.90. The highest BCUT2D eigenvalue weighted by Crippen LogP contribution is 2.26. The lowest BCUT2D eigenvalue weighted by atomic mass is 11.0. The molecule has 1 atom stereocenters. The molecular formula is C4H9ClN2S. The van der Waals surface area contributed by atoms with E-state index in [1.165, 1.54) is 0 Å². The van der Waals surface area contributed by atoms with Crippen LogP contribution >= 0.6 is 23.4 Å². The predicted octanol–water partition coefficient (Wildman–Crippen LogP) is 0.992. The Kier molecular flexibility index (Phi) is 2.03. The number of hydrazine groups is 1. The third-order valence-corrected chi connectivity index (χ3v) is 2.99. The molecule has 48 valence electrons. The highest BCUT2D eigenvalue weighted by Gasteiger charge is 2.23. The molecule has 1 fully saturated rings. The molecule has 2 nitrogen and oxygen atoms in total. The fourth-order valence-electron chi connectivity index (χ4n) is 0.523. The quantitative estimate of drug-likeness (QED) is 0.378. The Labute approximate surface area is 58.7 Å². The average Bonchev–Trinajstić information content (AvgIpc) is 1.98. The minimum atomic E-state index is 0.139. The highest BCUT2D eigenvalue weighted by atomic mass is 35.5. The SMILES string of the molecule is CN1CSC(Cl)N1C. The fraction of sp³-hybridized carbons (Fsp3) is 1.00. The average molecular weight is 153 g/mol. The van der Waals surface area contributed by atoms with Crippen molar-refractivity contribution in [1.82, 2.24) is 10.0 Å². The third-order valence-electron chi connectivity index (χ3n) is 1.23. The standard InChI is InChI=1S/C4H9ClN2S/c1-6-3-8-4(5)7(6)2/h4H,3H2,1-2H3. The van der Waals surface area contributed by atoms with Gasteiger partial charge < -0.3 is 0 Å². The summed E-state index contributed by atoms with van der Waals surface area (Å²) in [5.41, 5.74) is 0. The molecule has 8 heavy (non-hydrogen) atoms. The third kappa shape index (κ3) is 1.10. The van der Waals surface area contributed by atoms with Crippen molar-refractivity contribution < 1.29 is 0 Å². The number of halogens is 1. The number of alkyl halides is 1. The lowest BCUT2D eigenvalue weighted by molar-refractivity contribution is 0.0778. The largest absolute Gasteiger partial charge is 0.233 e. The molecule has 1 saturated heterocycles. The van der Waals surface area contributed by atoms with Crippen LogP contribution in [0.15, 0.2) is 0 Å². The number of rotatable bonds is 0. The Balaban J connectivity index is 2.44. The molecule has 0 saturated carbocycles. The van der Waals surface area contributed by atoms with E-state index in [4.69, 9.17) is 11.6 Å². The number of hydrogen-bond donors (Lipinski definition) is 0. The normalized spacial score (nSPS) is 34.1. The molecule has 0 spiro atoms. The molecule has 0 N–H and O–H groups in total. The van der Waals surface area contributed by atoms with Crippen LogP contribution in [0.5, 0.6) is 0 Å². The predicted molar refractivity (Wildman–Crippen MR) is 37.6 cm³/mol.